The number of rotatable bonds is 9. The largest absolute Gasteiger partial charge is 0.481 e. The number of hydrogen-bond acceptors (Lipinski definition) is 7. The number of nitrogens with zero attached hydrogens (tertiary/aromatic N) is 3. The topological polar surface area (TPSA) is 90.7 Å². The second-order valence-electron chi connectivity index (χ2n) is 10.7. The molecule has 3 atom stereocenters. The van der Waals surface area contributed by atoms with Crippen LogP contribution >= 0.6 is 0 Å². The lowest BCUT2D eigenvalue weighted by Gasteiger charge is -2.52. The summed E-state index contributed by atoms with van der Waals surface area (Å²) in [7, 11) is 1.58. The highest BCUT2D eigenvalue weighted by molar-refractivity contribution is 5.90. The number of ether oxygens (including phenoxy) is 1. The van der Waals surface area contributed by atoms with Crippen LogP contribution in [0.1, 0.15) is 36.8 Å². The lowest BCUT2D eigenvalue weighted by Crippen LogP contribution is -2.55. The number of pyridine rings is 2. The first-order valence-corrected chi connectivity index (χ1v) is 13.6. The number of benzene rings is 1. The number of hydrogen-bond donors (Lipinski definition) is 3. The van der Waals surface area contributed by atoms with Gasteiger partial charge in [-0.1, -0.05) is 12.2 Å². The van der Waals surface area contributed by atoms with Crippen LogP contribution in [0.25, 0.3) is 17.1 Å². The second kappa shape index (κ2) is 11.9. The molecule has 1 aromatic carbocycles. The first kappa shape index (κ1) is 27.4. The standard InChI is InChI=1S/C30H36F2N4O3/c1-39-27-16-21(9-14-37)28-29(35-27)26(7-12-34-28)36-13-8-22-17-24(6-10-30(22,18-36)19-38)33-11-2-3-20-15-23(31)4-5-25(20)32/h2-5,7,12,15-16,22,24,33,37-38H,6,8-11,13-14,17-19H2,1H3/b3-2+. The molecule has 1 aliphatic heterocycles. The maximum absolute atomic E-state index is 13.9. The van der Waals surface area contributed by atoms with Crippen molar-refractivity contribution in [2.75, 3.05) is 44.9 Å². The van der Waals surface area contributed by atoms with Crippen molar-refractivity contribution in [3.8, 4) is 5.88 Å². The van der Waals surface area contributed by atoms with E-state index in [1.54, 1.807) is 19.4 Å². The smallest absolute Gasteiger partial charge is 0.213 e. The molecule has 208 valence electrons. The van der Waals surface area contributed by atoms with E-state index in [9.17, 15) is 19.0 Å². The molecule has 1 saturated heterocycles. The van der Waals surface area contributed by atoms with Crippen molar-refractivity contribution in [3.05, 3.63) is 65.4 Å². The van der Waals surface area contributed by atoms with Crippen molar-refractivity contribution in [2.24, 2.45) is 11.3 Å². The molecule has 3 aromatic rings. The molecule has 3 N–H and O–H groups in total. The van der Waals surface area contributed by atoms with Gasteiger partial charge in [-0.25, -0.2) is 13.8 Å². The Labute approximate surface area is 227 Å². The van der Waals surface area contributed by atoms with E-state index in [1.165, 1.54) is 6.07 Å². The summed E-state index contributed by atoms with van der Waals surface area (Å²) in [5.74, 6) is -0.0313. The van der Waals surface area contributed by atoms with Crippen molar-refractivity contribution in [1.82, 2.24) is 15.3 Å². The van der Waals surface area contributed by atoms with Gasteiger partial charge in [0.05, 0.1) is 24.9 Å². The first-order chi connectivity index (χ1) is 19.0. The zero-order valence-electron chi connectivity index (χ0n) is 22.2. The SMILES string of the molecule is COc1cc(CCO)c2nccc(N3CCC4CC(NC/C=C/c5cc(F)ccc5F)CCC4(CO)C3)c2n1. The van der Waals surface area contributed by atoms with Crippen LogP contribution in [0.15, 0.2) is 42.6 Å². The number of halogens is 2. The first-order valence-electron chi connectivity index (χ1n) is 13.6. The van der Waals surface area contributed by atoms with Crippen LogP contribution in [0.5, 0.6) is 5.88 Å². The van der Waals surface area contributed by atoms with Crippen LogP contribution in [-0.4, -0.2) is 66.2 Å². The molecule has 1 aliphatic carbocycles. The van der Waals surface area contributed by atoms with E-state index >= 15 is 0 Å². The highest BCUT2D eigenvalue weighted by Gasteiger charge is 2.46. The van der Waals surface area contributed by atoms with Gasteiger partial charge in [-0.2, -0.15) is 0 Å². The van der Waals surface area contributed by atoms with Crippen molar-refractivity contribution in [3.63, 3.8) is 0 Å². The van der Waals surface area contributed by atoms with Crippen LogP contribution in [0.4, 0.5) is 14.5 Å². The normalized spacial score (nSPS) is 23.4. The average molecular weight is 539 g/mol. The third-order valence-electron chi connectivity index (χ3n) is 8.43. The number of nitrogens with one attached hydrogen (secondary N) is 1. The Morgan fingerprint density at radius 1 is 1.18 bits per heavy atom. The number of aromatic nitrogens is 2. The Balaban J connectivity index is 1.27. The maximum atomic E-state index is 13.9. The zero-order chi connectivity index (χ0) is 27.4. The molecule has 1 saturated carbocycles. The van der Waals surface area contributed by atoms with Crippen LogP contribution in [0.3, 0.4) is 0 Å². The Bertz CT molecular complexity index is 1340. The van der Waals surface area contributed by atoms with Gasteiger partial charge in [0.15, 0.2) is 0 Å². The van der Waals surface area contributed by atoms with Gasteiger partial charge in [0, 0.05) is 55.5 Å². The van der Waals surface area contributed by atoms with E-state index in [0.29, 0.717) is 30.8 Å². The number of methoxy groups -OCH3 is 1. The molecule has 2 aliphatic rings. The summed E-state index contributed by atoms with van der Waals surface area (Å²) in [5, 5.41) is 23.7. The second-order valence-corrected chi connectivity index (χ2v) is 10.7. The Morgan fingerprint density at radius 3 is 2.85 bits per heavy atom. The molecule has 0 bridgehead atoms. The van der Waals surface area contributed by atoms with E-state index in [-0.39, 0.29) is 24.2 Å². The lowest BCUT2D eigenvalue weighted by molar-refractivity contribution is 0.00193. The van der Waals surface area contributed by atoms with Crippen molar-refractivity contribution >= 4 is 22.8 Å². The molecular weight excluding hydrogens is 502 g/mol. The van der Waals surface area contributed by atoms with Gasteiger partial charge in [-0.3, -0.25) is 4.98 Å². The van der Waals surface area contributed by atoms with Crippen molar-refractivity contribution in [1.29, 1.82) is 0 Å². The predicted molar refractivity (Wildman–Crippen MR) is 148 cm³/mol. The average Bonchev–Trinajstić information content (AvgIpc) is 2.96. The van der Waals surface area contributed by atoms with E-state index in [0.717, 1.165) is 73.2 Å². The Kier molecular flexibility index (Phi) is 8.40. The quantitative estimate of drug-likeness (QED) is 0.378. The minimum Gasteiger partial charge on any atom is -0.481 e. The molecule has 0 spiro atoms. The van der Waals surface area contributed by atoms with Crippen LogP contribution in [0, 0.1) is 23.0 Å². The molecule has 3 heterocycles. The summed E-state index contributed by atoms with van der Waals surface area (Å²) in [6, 6.07) is 7.56. The molecule has 2 aromatic heterocycles. The monoisotopic (exact) mass is 538 g/mol. The summed E-state index contributed by atoms with van der Waals surface area (Å²) in [6.45, 7) is 2.27. The third-order valence-corrected chi connectivity index (χ3v) is 8.43. The van der Waals surface area contributed by atoms with Gasteiger partial charge in [0.25, 0.3) is 0 Å². The molecule has 7 nitrogen and oxygen atoms in total. The molecular formula is C30H36F2N4O3. The summed E-state index contributed by atoms with van der Waals surface area (Å²) in [5.41, 5.74) is 3.42. The van der Waals surface area contributed by atoms with E-state index in [1.807, 2.05) is 18.2 Å². The van der Waals surface area contributed by atoms with Gasteiger partial charge in [0.2, 0.25) is 5.88 Å². The fraction of sp³-hybridized carbons (Fsp3) is 0.467. The summed E-state index contributed by atoms with van der Waals surface area (Å²) >= 11 is 0. The van der Waals surface area contributed by atoms with E-state index in [4.69, 9.17) is 9.72 Å². The van der Waals surface area contributed by atoms with E-state index < -0.39 is 11.6 Å². The predicted octanol–water partition coefficient (Wildman–Crippen LogP) is 4.11. The number of aliphatic hydroxyl groups is 2. The van der Waals surface area contributed by atoms with Crippen LogP contribution in [-0.2, 0) is 6.42 Å². The molecule has 9 heteroatoms. The zero-order valence-corrected chi connectivity index (χ0v) is 22.2. The minimum absolute atomic E-state index is 0.0138. The number of aliphatic hydroxyl groups excluding tert-OH is 2. The summed E-state index contributed by atoms with van der Waals surface area (Å²) < 4.78 is 32.7. The molecule has 3 unspecified atom stereocenters. The molecule has 39 heavy (non-hydrogen) atoms. The van der Waals surface area contributed by atoms with Gasteiger partial charge < -0.3 is 25.2 Å². The highest BCUT2D eigenvalue weighted by Crippen LogP contribution is 2.47. The third kappa shape index (κ3) is 5.76. The van der Waals surface area contributed by atoms with Crippen molar-refractivity contribution in [2.45, 2.75) is 38.1 Å². The lowest BCUT2D eigenvalue weighted by atomic mass is 9.62. The Morgan fingerprint density at radius 2 is 2.05 bits per heavy atom. The fourth-order valence-electron chi connectivity index (χ4n) is 6.31. The maximum Gasteiger partial charge on any atom is 0.213 e. The van der Waals surface area contributed by atoms with Gasteiger partial charge >= 0.3 is 0 Å². The van der Waals surface area contributed by atoms with Crippen molar-refractivity contribution < 1.29 is 23.7 Å². The molecule has 2 fully saturated rings. The Hall–Kier alpha value is -3.14. The van der Waals surface area contributed by atoms with E-state index in [2.05, 4.69) is 15.2 Å². The molecule has 0 radical (unpaired) electrons. The molecule has 0 amide bonds. The van der Waals surface area contributed by atoms with Gasteiger partial charge in [-0.15, -0.1) is 0 Å². The van der Waals surface area contributed by atoms with Gasteiger partial charge in [-0.05, 0) is 67.9 Å². The van der Waals surface area contributed by atoms with Crippen LogP contribution in [0.2, 0.25) is 0 Å². The van der Waals surface area contributed by atoms with Gasteiger partial charge in [0.1, 0.15) is 17.2 Å². The number of anilines is 1. The fourth-order valence-corrected chi connectivity index (χ4v) is 6.31. The highest BCUT2D eigenvalue weighted by atomic mass is 19.1. The number of fused-ring (bicyclic) bond motifs is 2. The summed E-state index contributed by atoms with van der Waals surface area (Å²) in [6.07, 6.45) is 9.41. The van der Waals surface area contributed by atoms with Crippen LogP contribution < -0.4 is 15.0 Å². The number of piperidine rings is 1. The minimum atomic E-state index is -0.455. The molecule has 5 rings (SSSR count). The summed E-state index contributed by atoms with van der Waals surface area (Å²) in [4.78, 5) is 11.6.